The third-order valence-corrected chi connectivity index (χ3v) is 16.5. The minimum atomic E-state index is -3.80. The first-order chi connectivity index (χ1) is 44.4. The number of H-pyrrole nitrogens is 1. The fourth-order valence-corrected chi connectivity index (χ4v) is 8.96. The van der Waals surface area contributed by atoms with E-state index in [4.69, 9.17) is 24.1 Å². The van der Waals surface area contributed by atoms with E-state index in [1.165, 1.54) is 80.9 Å². The topological polar surface area (TPSA) is 408 Å². The molecular formula is C67H92N10O18S2W. The first-order valence-corrected chi connectivity index (χ1v) is 32.7. The largest absolute Gasteiger partial charge is 2.00 e. The van der Waals surface area contributed by atoms with Crippen molar-refractivity contribution in [1.82, 2.24) is 23.8 Å². The van der Waals surface area contributed by atoms with Gasteiger partial charge in [-0.25, -0.2) is 45.3 Å². The molecule has 536 valence electrons. The average molecular weight is 1570 g/mol. The molecule has 0 radical (unpaired) electrons. The third-order valence-electron chi connectivity index (χ3n) is 13.5. The molecule has 0 amide bonds. The standard InChI is InChI=1S/C23H27N5O6S.C23H25N5O5S.C13H22O5.C6H12O2.2CH3.W/c1-5-12-28-21(29)19(14-24)16(4)20(22(28)30)27-26-17-7-9-18(10-8-17)35(32,33)25-11-6-13-34-23(31)15(2)3;1-16(2)23(30)33-15-7-14-24-34(31,32)20-12-10-18(11-13-20)25-26-21-17(3)27-28(22(21)29)19-8-5-4-6-9-19;1-6-13(4,5)12(16)18-8-10(14)7-17-11(15)9(2)3;1-4-6(2,3)5(7)8;;;/h7-10,25,29H,2,5-6,11-13H2,1,3-4H3;4-6,8-13,24,27H,1,7,14-15H2,2-3H3;10,14H,2,6-8H2,1,3-5H3;4H2,1-3H3,(H,7,8);2*1H3;/q;;;;2*-1;+2. The van der Waals surface area contributed by atoms with E-state index in [1.54, 1.807) is 46.8 Å². The molecule has 98 heavy (non-hydrogen) atoms. The van der Waals surface area contributed by atoms with E-state index < -0.39 is 72.3 Å². The van der Waals surface area contributed by atoms with E-state index in [-0.39, 0.29) is 155 Å². The number of aryl methyl sites for hydroxylation is 1. The first kappa shape index (κ1) is 91.2. The number of nitrogens with zero attached hydrogens (tertiary/aromatic N) is 7. The normalized spacial score (nSPS) is 11.3. The maximum Gasteiger partial charge on any atom is 2.00 e. The van der Waals surface area contributed by atoms with Crippen LogP contribution >= 0.6 is 0 Å². The number of carbonyl (C=O) groups excluding carboxylic acids is 4. The summed E-state index contributed by atoms with van der Waals surface area (Å²) in [5, 5.41) is 56.5. The molecule has 1 atom stereocenters. The number of carboxylic acid groups (broad SMARTS) is 1. The van der Waals surface area contributed by atoms with Crippen molar-refractivity contribution in [1.29, 1.82) is 5.26 Å². The number of aliphatic hydroxyl groups excluding tert-OH is 1. The van der Waals surface area contributed by atoms with Crippen LogP contribution in [0.5, 0.6) is 5.88 Å². The number of hydrogen-bond donors (Lipinski definition) is 6. The quantitative estimate of drug-likeness (QED) is 0.00621. The van der Waals surface area contributed by atoms with Crippen molar-refractivity contribution in [3.8, 4) is 17.6 Å². The van der Waals surface area contributed by atoms with Gasteiger partial charge in [0, 0.05) is 41.9 Å². The van der Waals surface area contributed by atoms with Crippen molar-refractivity contribution in [3.63, 3.8) is 0 Å². The number of benzene rings is 3. The number of aromatic hydroxyl groups is 1. The molecule has 3 aromatic carbocycles. The molecule has 28 nitrogen and oxygen atoms in total. The van der Waals surface area contributed by atoms with E-state index in [0.29, 0.717) is 42.8 Å². The van der Waals surface area contributed by atoms with Crippen LogP contribution in [0.25, 0.3) is 5.69 Å². The van der Waals surface area contributed by atoms with E-state index >= 15 is 0 Å². The van der Waals surface area contributed by atoms with Crippen molar-refractivity contribution in [2.75, 3.05) is 39.5 Å². The number of pyridine rings is 1. The second-order valence-corrected chi connectivity index (χ2v) is 26.0. The van der Waals surface area contributed by atoms with Gasteiger partial charge in [0.25, 0.3) is 11.1 Å². The summed E-state index contributed by atoms with van der Waals surface area (Å²) >= 11 is 0. The summed E-state index contributed by atoms with van der Waals surface area (Å²) in [6.07, 6.45) is 1.47. The predicted octanol–water partition coefficient (Wildman–Crippen LogP) is 10.9. The van der Waals surface area contributed by atoms with E-state index in [2.05, 4.69) is 54.7 Å². The summed E-state index contributed by atoms with van der Waals surface area (Å²) in [6, 6.07) is 22.2. The Labute approximate surface area is 588 Å². The van der Waals surface area contributed by atoms with Crippen LogP contribution in [0, 0.1) is 50.9 Å². The molecule has 2 heterocycles. The van der Waals surface area contributed by atoms with Crippen molar-refractivity contribution < 1.29 is 96.1 Å². The molecule has 0 saturated heterocycles. The molecule has 5 aromatic rings. The molecule has 0 aliphatic carbocycles. The first-order valence-electron chi connectivity index (χ1n) is 29.8. The zero-order valence-electron chi connectivity index (χ0n) is 58.0. The molecule has 0 saturated carbocycles. The zero-order valence-corrected chi connectivity index (χ0v) is 62.6. The van der Waals surface area contributed by atoms with E-state index in [9.17, 15) is 65.9 Å². The van der Waals surface area contributed by atoms with Gasteiger partial charge in [-0.1, -0.05) is 58.7 Å². The maximum atomic E-state index is 12.7. The number of aromatic nitrogens is 3. The number of ether oxygens (including phenoxy) is 4. The van der Waals surface area contributed by atoms with Crippen LogP contribution in [0.15, 0.2) is 155 Å². The van der Waals surface area contributed by atoms with Crippen molar-refractivity contribution in [2.24, 2.45) is 31.3 Å². The summed E-state index contributed by atoms with van der Waals surface area (Å²) in [4.78, 5) is 80.9. The molecule has 6 N–H and O–H groups in total. The number of aliphatic carboxylic acids is 1. The van der Waals surface area contributed by atoms with Crippen LogP contribution in [-0.2, 0) is 90.6 Å². The predicted molar refractivity (Wildman–Crippen MR) is 367 cm³/mol. The number of nitrogens with one attached hydrogen (secondary N) is 3. The molecule has 0 bridgehead atoms. The Kier molecular flexibility index (Phi) is 40.4. The number of rotatable bonds is 30. The van der Waals surface area contributed by atoms with E-state index in [0.717, 1.165) is 4.57 Å². The molecule has 5 rings (SSSR count). The van der Waals surface area contributed by atoms with Crippen LogP contribution in [0.4, 0.5) is 22.7 Å². The van der Waals surface area contributed by atoms with Gasteiger partial charge in [0.2, 0.25) is 25.9 Å². The molecular weight excluding hydrogens is 1480 g/mol. The minimum absolute atomic E-state index is 0. The van der Waals surface area contributed by atoms with Gasteiger partial charge in [-0.15, -0.1) is 10.2 Å². The van der Waals surface area contributed by atoms with Crippen LogP contribution in [0.3, 0.4) is 0 Å². The molecule has 0 aliphatic heterocycles. The van der Waals surface area contributed by atoms with Gasteiger partial charge < -0.3 is 49.1 Å². The smallest absolute Gasteiger partial charge is 0.493 e. The second-order valence-electron chi connectivity index (χ2n) is 22.4. The molecule has 0 aliphatic rings. The Balaban J connectivity index is 0. The van der Waals surface area contributed by atoms with Crippen LogP contribution < -0.4 is 20.6 Å². The summed E-state index contributed by atoms with van der Waals surface area (Å²) in [5.41, 5.74) is 0.868. The van der Waals surface area contributed by atoms with Crippen LogP contribution in [-0.4, -0.2) is 122 Å². The summed E-state index contributed by atoms with van der Waals surface area (Å²) < 4.78 is 76.5. The summed E-state index contributed by atoms with van der Waals surface area (Å²) in [6.45, 7) is 30.8. The Morgan fingerprint density at radius 3 is 1.46 bits per heavy atom. The van der Waals surface area contributed by atoms with Gasteiger partial charge in [0.1, 0.15) is 31.0 Å². The number of azo groups is 2. The molecule has 0 fully saturated rings. The fraction of sp³-hybridized carbons (Fsp3) is 0.403. The Morgan fingerprint density at radius 1 is 0.653 bits per heavy atom. The van der Waals surface area contributed by atoms with Crippen molar-refractivity contribution >= 4 is 72.6 Å². The monoisotopic (exact) mass is 1570 g/mol. The number of aliphatic hydroxyl groups is 1. The van der Waals surface area contributed by atoms with Crippen LogP contribution in [0.1, 0.15) is 118 Å². The van der Waals surface area contributed by atoms with E-state index in [1.807, 2.05) is 45.0 Å². The van der Waals surface area contributed by atoms with Gasteiger partial charge in [-0.2, -0.15) is 15.5 Å². The maximum absolute atomic E-state index is 12.7. The molecule has 0 spiro atoms. The number of carboxylic acids is 1. The Hall–Kier alpha value is -8.85. The summed E-state index contributed by atoms with van der Waals surface area (Å²) in [7, 11) is -7.54. The van der Waals surface area contributed by atoms with Gasteiger partial charge in [-0.3, -0.25) is 28.8 Å². The SMILES string of the molecule is C=C(C)C(=O)OCC(O)COC(=O)C(C)(C)CC.C=C(C)C(=O)OCCCNS(=O)(=O)c1ccc(N=Nc2c(C)[nH]n(-c3ccccc3)c2=O)cc1.C=C(C)C(=O)OCCCNS(=O)(=O)c1ccc(N=Nc2c(C)c(C#N)c(O)n(CCC)c2=O)cc1.CCC(C)(C)C(=O)O.[CH3-].[CH3-].[W+2]. The number of carbonyl (C=O) groups is 5. The number of para-hydroxylation sites is 1. The third kappa shape index (κ3) is 29.5. The van der Waals surface area contributed by atoms with Gasteiger partial charge in [0.15, 0.2) is 11.4 Å². The molecule has 1 unspecified atom stereocenters. The molecule has 2 aromatic heterocycles. The van der Waals surface area contributed by atoms with Crippen LogP contribution in [0.2, 0.25) is 0 Å². The number of esters is 4. The number of hydrogen-bond acceptors (Lipinski definition) is 22. The minimum Gasteiger partial charge on any atom is -0.493 e. The zero-order chi connectivity index (χ0) is 72.0. The van der Waals surface area contributed by atoms with Gasteiger partial charge in [-0.05, 0) is 155 Å². The van der Waals surface area contributed by atoms with Crippen molar-refractivity contribution in [3.05, 3.63) is 168 Å². The number of nitriles is 1. The average Bonchev–Trinajstić information content (AvgIpc) is 1.36. The molecule has 31 heteroatoms. The van der Waals surface area contributed by atoms with Crippen molar-refractivity contribution in [2.45, 2.75) is 138 Å². The second kappa shape index (κ2) is 43.4. The van der Waals surface area contributed by atoms with Gasteiger partial charge in [0.05, 0.1) is 56.6 Å². The number of sulfonamides is 2. The van der Waals surface area contributed by atoms with Gasteiger partial charge >= 0.3 is 50.9 Å². The Bertz CT molecular complexity index is 3970. The number of aromatic amines is 1. The summed E-state index contributed by atoms with van der Waals surface area (Å²) in [5.74, 6) is -3.13. The fourth-order valence-electron chi connectivity index (χ4n) is 6.81. The Morgan fingerprint density at radius 2 is 1.07 bits per heavy atom.